The molecule has 1 N–H and O–H groups in total. The molecule has 10 heteroatoms. The number of hydrogen-bond acceptors (Lipinski definition) is 3. The van der Waals surface area contributed by atoms with Gasteiger partial charge < -0.3 is 5.11 Å². The normalized spacial score (nSPS) is 12.0. The van der Waals surface area contributed by atoms with Gasteiger partial charge in [0.25, 0.3) is 0 Å². The number of aromatic nitrogens is 3. The molecule has 2 aromatic carbocycles. The van der Waals surface area contributed by atoms with E-state index in [0.717, 1.165) is 18.2 Å². The largest absolute Gasteiger partial charge is 0.508 e. The number of halogens is 6. The number of hydrogen-bond donors (Lipinski definition) is 1. The van der Waals surface area contributed by atoms with Crippen LogP contribution in [0.5, 0.6) is 5.75 Å². The molecule has 0 atom stereocenters. The van der Waals surface area contributed by atoms with E-state index in [9.17, 15) is 31.4 Å². The van der Waals surface area contributed by atoms with Gasteiger partial charge in [-0.15, -0.1) is 0 Å². The van der Waals surface area contributed by atoms with Gasteiger partial charge in [0, 0.05) is 23.3 Å². The predicted molar refractivity (Wildman–Crippen MR) is 99.8 cm³/mol. The smallest absolute Gasteiger partial charge is 0.419 e. The highest BCUT2D eigenvalue weighted by Crippen LogP contribution is 2.37. The molecule has 160 valence electrons. The SMILES string of the molecule is CCc1nn2cnc(-c3ccc(F)c(C(F)(F)F)c3)cc2c1-c1c(F)cc(O)cc1F. The highest BCUT2D eigenvalue weighted by molar-refractivity contribution is 5.85. The van der Waals surface area contributed by atoms with Gasteiger partial charge in [-0.25, -0.2) is 22.7 Å². The second kappa shape index (κ2) is 7.29. The van der Waals surface area contributed by atoms with E-state index in [4.69, 9.17) is 0 Å². The summed E-state index contributed by atoms with van der Waals surface area (Å²) in [5.41, 5.74) is -1.31. The van der Waals surface area contributed by atoms with Crippen LogP contribution < -0.4 is 0 Å². The number of alkyl halides is 3. The molecule has 0 bridgehead atoms. The molecule has 0 saturated heterocycles. The Morgan fingerprint density at radius 1 is 0.935 bits per heavy atom. The van der Waals surface area contributed by atoms with Crippen LogP contribution in [0, 0.1) is 17.5 Å². The Morgan fingerprint density at radius 2 is 1.61 bits per heavy atom. The van der Waals surface area contributed by atoms with E-state index in [0.29, 0.717) is 24.2 Å². The molecular weight excluding hydrogens is 424 g/mol. The van der Waals surface area contributed by atoms with Gasteiger partial charge >= 0.3 is 6.18 Å². The topological polar surface area (TPSA) is 50.4 Å². The lowest BCUT2D eigenvalue weighted by atomic mass is 10.00. The third-order valence-corrected chi connectivity index (χ3v) is 4.78. The molecule has 0 aliphatic carbocycles. The predicted octanol–water partition coefficient (Wildman–Crippen LogP) is 5.77. The minimum Gasteiger partial charge on any atom is -0.508 e. The first-order valence-corrected chi connectivity index (χ1v) is 9.03. The molecule has 0 radical (unpaired) electrons. The van der Waals surface area contributed by atoms with E-state index in [2.05, 4.69) is 10.1 Å². The molecule has 4 aromatic rings. The summed E-state index contributed by atoms with van der Waals surface area (Å²) in [6.45, 7) is 1.71. The lowest BCUT2D eigenvalue weighted by molar-refractivity contribution is -0.139. The highest BCUT2D eigenvalue weighted by atomic mass is 19.4. The van der Waals surface area contributed by atoms with Crippen molar-refractivity contribution >= 4 is 5.52 Å². The maximum Gasteiger partial charge on any atom is 0.419 e. The second-order valence-electron chi connectivity index (χ2n) is 6.76. The first-order valence-electron chi connectivity index (χ1n) is 9.03. The highest BCUT2D eigenvalue weighted by Gasteiger charge is 2.34. The molecule has 0 amide bonds. The second-order valence-corrected chi connectivity index (χ2v) is 6.76. The monoisotopic (exact) mass is 437 g/mol. The summed E-state index contributed by atoms with van der Waals surface area (Å²) < 4.78 is 83.2. The Labute approximate surface area is 171 Å². The zero-order chi connectivity index (χ0) is 22.5. The van der Waals surface area contributed by atoms with Crippen molar-refractivity contribution in [3.63, 3.8) is 0 Å². The van der Waals surface area contributed by atoms with Gasteiger partial charge in [-0.1, -0.05) is 6.92 Å². The average Bonchev–Trinajstić information content (AvgIpc) is 3.04. The first kappa shape index (κ1) is 20.7. The van der Waals surface area contributed by atoms with E-state index in [1.807, 2.05) is 0 Å². The summed E-state index contributed by atoms with van der Waals surface area (Å²) in [6.07, 6.45) is -3.42. The van der Waals surface area contributed by atoms with Gasteiger partial charge in [-0.2, -0.15) is 18.3 Å². The van der Waals surface area contributed by atoms with Crippen LogP contribution in [-0.2, 0) is 12.6 Å². The van der Waals surface area contributed by atoms with Gasteiger partial charge in [-0.05, 0) is 30.7 Å². The van der Waals surface area contributed by atoms with Gasteiger partial charge in [0.15, 0.2) is 0 Å². The Kier molecular flexibility index (Phi) is 4.87. The number of aromatic hydroxyl groups is 1. The van der Waals surface area contributed by atoms with Crippen molar-refractivity contribution in [3.8, 4) is 28.1 Å². The minimum absolute atomic E-state index is 0.0291. The zero-order valence-electron chi connectivity index (χ0n) is 15.8. The summed E-state index contributed by atoms with van der Waals surface area (Å²) in [5.74, 6) is -4.08. The maximum atomic E-state index is 14.6. The van der Waals surface area contributed by atoms with Crippen molar-refractivity contribution in [3.05, 3.63) is 71.4 Å². The van der Waals surface area contributed by atoms with Crippen molar-refractivity contribution in [2.45, 2.75) is 19.5 Å². The zero-order valence-corrected chi connectivity index (χ0v) is 15.8. The van der Waals surface area contributed by atoms with Crippen LogP contribution in [0.2, 0.25) is 0 Å². The van der Waals surface area contributed by atoms with Crippen molar-refractivity contribution in [1.29, 1.82) is 0 Å². The third kappa shape index (κ3) is 3.58. The van der Waals surface area contributed by atoms with Crippen molar-refractivity contribution in [1.82, 2.24) is 14.6 Å². The fourth-order valence-corrected chi connectivity index (χ4v) is 3.38. The summed E-state index contributed by atoms with van der Waals surface area (Å²) in [5, 5.41) is 13.7. The Morgan fingerprint density at radius 3 is 2.23 bits per heavy atom. The number of benzene rings is 2. The Balaban J connectivity index is 1.97. The fraction of sp³-hybridized carbons (Fsp3) is 0.143. The van der Waals surface area contributed by atoms with E-state index in [-0.39, 0.29) is 22.3 Å². The van der Waals surface area contributed by atoms with Crippen molar-refractivity contribution < 1.29 is 31.4 Å². The van der Waals surface area contributed by atoms with Crippen LogP contribution in [0.15, 0.2) is 42.7 Å². The molecule has 2 aromatic heterocycles. The quantitative estimate of drug-likeness (QED) is 0.414. The molecule has 4 nitrogen and oxygen atoms in total. The van der Waals surface area contributed by atoms with Crippen LogP contribution in [0.25, 0.3) is 27.9 Å². The van der Waals surface area contributed by atoms with Crippen LogP contribution in [0.1, 0.15) is 18.2 Å². The Bertz CT molecular complexity index is 1290. The molecule has 0 fully saturated rings. The summed E-state index contributed by atoms with van der Waals surface area (Å²) in [6, 6.07) is 5.24. The standard InChI is InChI=1S/C21H13F6N3O/c1-2-16-20(19-14(23)6-11(31)7-15(19)24)18-8-17(28-9-30(18)29-16)10-3-4-13(22)12(5-10)21(25,26)27/h3-9,31H,2H2,1H3. The van der Waals surface area contributed by atoms with Crippen LogP contribution in [0.3, 0.4) is 0 Å². The van der Waals surface area contributed by atoms with Crippen LogP contribution in [0.4, 0.5) is 26.3 Å². The van der Waals surface area contributed by atoms with E-state index >= 15 is 0 Å². The number of aryl methyl sites for hydroxylation is 1. The molecule has 2 heterocycles. The fourth-order valence-electron chi connectivity index (χ4n) is 3.38. The van der Waals surface area contributed by atoms with E-state index in [1.165, 1.54) is 16.9 Å². The summed E-state index contributed by atoms with van der Waals surface area (Å²) in [7, 11) is 0. The summed E-state index contributed by atoms with van der Waals surface area (Å²) in [4.78, 5) is 4.05. The van der Waals surface area contributed by atoms with E-state index < -0.39 is 40.5 Å². The van der Waals surface area contributed by atoms with Gasteiger partial charge in [-0.3, -0.25) is 0 Å². The lowest BCUT2D eigenvalue weighted by Crippen LogP contribution is -2.08. The molecule has 0 spiro atoms. The molecule has 0 aliphatic heterocycles. The van der Waals surface area contributed by atoms with Crippen LogP contribution >= 0.6 is 0 Å². The van der Waals surface area contributed by atoms with Crippen LogP contribution in [-0.4, -0.2) is 19.7 Å². The van der Waals surface area contributed by atoms with Crippen molar-refractivity contribution in [2.24, 2.45) is 0 Å². The summed E-state index contributed by atoms with van der Waals surface area (Å²) >= 11 is 0. The average molecular weight is 437 g/mol. The lowest BCUT2D eigenvalue weighted by Gasteiger charge is -2.10. The number of rotatable bonds is 3. The number of phenolic OH excluding ortho intramolecular Hbond substituents is 1. The van der Waals surface area contributed by atoms with E-state index in [1.54, 1.807) is 6.92 Å². The Hall–Kier alpha value is -3.56. The van der Waals surface area contributed by atoms with Crippen molar-refractivity contribution in [2.75, 3.05) is 0 Å². The number of nitrogens with zero attached hydrogens (tertiary/aromatic N) is 3. The molecular formula is C21H13F6N3O. The number of phenols is 1. The maximum absolute atomic E-state index is 14.6. The van der Waals surface area contributed by atoms with Gasteiger partial charge in [0.05, 0.1) is 28.0 Å². The minimum atomic E-state index is -4.90. The molecule has 0 saturated carbocycles. The van der Waals surface area contributed by atoms with Gasteiger partial charge in [0.2, 0.25) is 0 Å². The number of fused-ring (bicyclic) bond motifs is 1. The third-order valence-electron chi connectivity index (χ3n) is 4.78. The first-order chi connectivity index (χ1) is 14.6. The van der Waals surface area contributed by atoms with Gasteiger partial charge in [0.1, 0.15) is 29.5 Å². The molecule has 31 heavy (non-hydrogen) atoms. The molecule has 4 rings (SSSR count). The molecule has 0 aliphatic rings. The molecule has 0 unspecified atom stereocenters.